The Kier molecular flexibility index (Phi) is 7.56. The van der Waals surface area contributed by atoms with Crippen LogP contribution in [-0.2, 0) is 10.0 Å². The third-order valence-electron chi connectivity index (χ3n) is 5.51. The molecule has 0 fully saturated rings. The van der Waals surface area contributed by atoms with Gasteiger partial charge in [-0.3, -0.25) is 9.29 Å². The zero-order valence-electron chi connectivity index (χ0n) is 20.8. The number of sulfonamides is 1. The minimum atomic E-state index is -4.10. The zero-order chi connectivity index (χ0) is 26.0. The molecule has 0 saturated heterocycles. The van der Waals surface area contributed by atoms with E-state index < -0.39 is 26.8 Å². The molecule has 0 radical (unpaired) electrons. The molecule has 2 heterocycles. The number of aromatic nitrogens is 4. The van der Waals surface area contributed by atoms with E-state index >= 15 is 0 Å². The summed E-state index contributed by atoms with van der Waals surface area (Å²) in [5.41, 5.74) is 0.0745. The van der Waals surface area contributed by atoms with Crippen LogP contribution in [-0.4, -0.2) is 66.0 Å². The third kappa shape index (κ3) is 5.33. The average Bonchev–Trinajstić information content (AvgIpc) is 3.23. The Hall–Kier alpha value is -3.38. The van der Waals surface area contributed by atoms with Crippen molar-refractivity contribution in [3.8, 4) is 34.6 Å². The summed E-state index contributed by atoms with van der Waals surface area (Å²) in [6.45, 7) is 6.72. The molecule has 35 heavy (non-hydrogen) atoms. The number of ether oxygens (including phenoxy) is 3. The largest absolute Gasteiger partial charge is 0.494 e. The molecule has 3 rings (SSSR count). The third-order valence-corrected chi connectivity index (χ3v) is 7.21. The van der Waals surface area contributed by atoms with Crippen LogP contribution in [0.3, 0.4) is 0 Å². The summed E-state index contributed by atoms with van der Waals surface area (Å²) in [5, 5.41) is 17.8. The van der Waals surface area contributed by atoms with Crippen molar-refractivity contribution in [3.05, 3.63) is 36.4 Å². The number of hydrogen-bond acceptors (Lipinski definition) is 9. The van der Waals surface area contributed by atoms with Gasteiger partial charge in [0.1, 0.15) is 28.1 Å². The highest BCUT2D eigenvalue weighted by Crippen LogP contribution is 2.38. The Morgan fingerprint density at radius 2 is 1.57 bits per heavy atom. The fourth-order valence-corrected chi connectivity index (χ4v) is 4.85. The quantitative estimate of drug-likeness (QED) is 0.449. The number of aliphatic hydroxyl groups excluding tert-OH is 1. The molecule has 1 aromatic carbocycles. The fraction of sp³-hybridized carbons (Fsp3) is 0.435. The van der Waals surface area contributed by atoms with Gasteiger partial charge in [0.15, 0.2) is 5.82 Å². The van der Waals surface area contributed by atoms with Gasteiger partial charge in [0.2, 0.25) is 21.9 Å². The number of aliphatic hydroxyl groups is 1. The topological polar surface area (TPSA) is 138 Å². The first-order valence-corrected chi connectivity index (χ1v) is 12.4. The molecule has 0 bridgehead atoms. The van der Waals surface area contributed by atoms with Gasteiger partial charge < -0.3 is 19.3 Å². The number of para-hydroxylation sites is 1. The summed E-state index contributed by atoms with van der Waals surface area (Å²) in [7, 11) is 0.358. The molecular formula is C23H31N5O6S. The van der Waals surface area contributed by atoms with Crippen molar-refractivity contribution in [1.29, 1.82) is 0 Å². The summed E-state index contributed by atoms with van der Waals surface area (Å²) in [6, 6.07) is 10.2. The van der Waals surface area contributed by atoms with Gasteiger partial charge in [0, 0.05) is 6.07 Å². The highest BCUT2D eigenvalue weighted by atomic mass is 32.2. The van der Waals surface area contributed by atoms with Crippen LogP contribution < -0.4 is 18.9 Å². The molecule has 0 aliphatic heterocycles. The van der Waals surface area contributed by atoms with Crippen LogP contribution in [0, 0.1) is 5.41 Å². The lowest BCUT2D eigenvalue weighted by atomic mass is 9.87. The van der Waals surface area contributed by atoms with Gasteiger partial charge in [-0.25, -0.2) is 13.4 Å². The Labute approximate surface area is 205 Å². The number of rotatable bonds is 9. The minimum absolute atomic E-state index is 0.125. The molecule has 0 amide bonds. The van der Waals surface area contributed by atoms with Crippen molar-refractivity contribution in [2.75, 3.05) is 26.1 Å². The standard InChI is InChI=1S/C23H31N5O6S/c1-14(20(29)23(2,3)4)35(30,31)27-22-26-25-21(15-10-8-13-18(24-15)34-7)28(22)19-16(32-5)11-9-12-17(19)33-6/h8-14,20,29H,1-7H3,(H,26,27)/t14-,20-/m1/s1. The van der Waals surface area contributed by atoms with E-state index in [0.29, 0.717) is 28.8 Å². The zero-order valence-corrected chi connectivity index (χ0v) is 21.6. The monoisotopic (exact) mass is 505 g/mol. The first-order valence-electron chi connectivity index (χ1n) is 10.8. The molecule has 0 spiro atoms. The van der Waals surface area contributed by atoms with Gasteiger partial charge in [-0.05, 0) is 30.5 Å². The van der Waals surface area contributed by atoms with E-state index in [9.17, 15) is 13.5 Å². The predicted molar refractivity (Wildman–Crippen MR) is 132 cm³/mol. The summed E-state index contributed by atoms with van der Waals surface area (Å²) in [5.74, 6) is 1.20. The van der Waals surface area contributed by atoms with E-state index in [1.54, 1.807) is 57.2 Å². The average molecular weight is 506 g/mol. The number of anilines is 1. The number of nitrogens with one attached hydrogen (secondary N) is 1. The Morgan fingerprint density at radius 3 is 2.11 bits per heavy atom. The second-order valence-corrected chi connectivity index (χ2v) is 11.0. The van der Waals surface area contributed by atoms with Crippen LogP contribution >= 0.6 is 0 Å². The first-order chi connectivity index (χ1) is 16.4. The lowest BCUT2D eigenvalue weighted by Crippen LogP contribution is -2.43. The van der Waals surface area contributed by atoms with Crippen molar-refractivity contribution < 1.29 is 27.7 Å². The van der Waals surface area contributed by atoms with Crippen LogP contribution in [0.15, 0.2) is 36.4 Å². The van der Waals surface area contributed by atoms with Gasteiger partial charge in [-0.1, -0.05) is 32.9 Å². The van der Waals surface area contributed by atoms with Crippen LogP contribution in [0.25, 0.3) is 17.2 Å². The smallest absolute Gasteiger partial charge is 0.243 e. The van der Waals surface area contributed by atoms with Gasteiger partial charge >= 0.3 is 0 Å². The Bertz CT molecular complexity index is 1260. The SMILES string of the molecule is COc1cccc(-c2nnc(NS(=O)(=O)[C@H](C)[C@@H](O)C(C)(C)C)n2-c2c(OC)cccc2OC)n1. The number of methoxy groups -OCH3 is 3. The van der Waals surface area contributed by atoms with Crippen LogP contribution in [0.2, 0.25) is 0 Å². The maximum atomic E-state index is 13.3. The molecule has 0 unspecified atom stereocenters. The molecule has 0 aliphatic rings. The van der Waals surface area contributed by atoms with E-state index in [1.165, 1.54) is 32.8 Å². The maximum Gasteiger partial charge on any atom is 0.243 e. The van der Waals surface area contributed by atoms with Crippen LogP contribution in [0.4, 0.5) is 5.95 Å². The minimum Gasteiger partial charge on any atom is -0.494 e. The Morgan fingerprint density at radius 1 is 0.971 bits per heavy atom. The van der Waals surface area contributed by atoms with Crippen molar-refractivity contribution in [2.24, 2.45) is 5.41 Å². The van der Waals surface area contributed by atoms with E-state index in [0.717, 1.165) is 0 Å². The highest BCUT2D eigenvalue weighted by molar-refractivity contribution is 7.93. The van der Waals surface area contributed by atoms with E-state index in [-0.39, 0.29) is 11.8 Å². The molecule has 11 nitrogen and oxygen atoms in total. The van der Waals surface area contributed by atoms with Gasteiger partial charge in [0.05, 0.1) is 27.4 Å². The Balaban J connectivity index is 2.24. The van der Waals surface area contributed by atoms with E-state index in [2.05, 4.69) is 19.9 Å². The van der Waals surface area contributed by atoms with E-state index in [1.807, 2.05) is 0 Å². The molecule has 2 atom stereocenters. The molecule has 2 N–H and O–H groups in total. The number of pyridine rings is 1. The summed E-state index contributed by atoms with van der Waals surface area (Å²) in [6.07, 6.45) is -1.14. The van der Waals surface area contributed by atoms with Crippen molar-refractivity contribution in [1.82, 2.24) is 19.7 Å². The van der Waals surface area contributed by atoms with Gasteiger partial charge in [-0.2, -0.15) is 0 Å². The normalized spacial score (nSPS) is 13.7. The highest BCUT2D eigenvalue weighted by Gasteiger charge is 2.37. The van der Waals surface area contributed by atoms with Crippen LogP contribution in [0.1, 0.15) is 27.7 Å². The number of nitrogens with zero attached hydrogens (tertiary/aromatic N) is 4. The lowest BCUT2D eigenvalue weighted by molar-refractivity contribution is 0.0627. The van der Waals surface area contributed by atoms with Crippen LogP contribution in [0.5, 0.6) is 17.4 Å². The summed E-state index contributed by atoms with van der Waals surface area (Å²) < 4.78 is 46.8. The summed E-state index contributed by atoms with van der Waals surface area (Å²) >= 11 is 0. The molecule has 3 aromatic rings. The molecule has 190 valence electrons. The van der Waals surface area contributed by atoms with Crippen molar-refractivity contribution >= 4 is 16.0 Å². The predicted octanol–water partition coefficient (Wildman–Crippen LogP) is 2.89. The van der Waals surface area contributed by atoms with E-state index in [4.69, 9.17) is 14.2 Å². The number of benzene rings is 1. The molecule has 0 saturated carbocycles. The molecule has 2 aromatic heterocycles. The summed E-state index contributed by atoms with van der Waals surface area (Å²) in [4.78, 5) is 4.42. The molecular weight excluding hydrogens is 474 g/mol. The second kappa shape index (κ2) is 10.1. The lowest BCUT2D eigenvalue weighted by Gasteiger charge is -2.30. The second-order valence-electron chi connectivity index (χ2n) is 8.92. The fourth-order valence-electron chi connectivity index (χ4n) is 3.53. The molecule has 0 aliphatic carbocycles. The maximum absolute atomic E-state index is 13.3. The first kappa shape index (κ1) is 26.2. The molecule has 12 heteroatoms. The van der Waals surface area contributed by atoms with Gasteiger partial charge in [0.25, 0.3) is 0 Å². The van der Waals surface area contributed by atoms with Crippen molar-refractivity contribution in [3.63, 3.8) is 0 Å². The number of hydrogen-bond donors (Lipinski definition) is 2. The van der Waals surface area contributed by atoms with Crippen molar-refractivity contribution in [2.45, 2.75) is 39.0 Å². The van der Waals surface area contributed by atoms with Gasteiger partial charge in [-0.15, -0.1) is 10.2 Å².